The summed E-state index contributed by atoms with van der Waals surface area (Å²) >= 11 is 25.0. The molecule has 0 aliphatic carbocycles. The van der Waals surface area contributed by atoms with Gasteiger partial charge in [-0.3, -0.25) is 0 Å². The van der Waals surface area contributed by atoms with E-state index in [-0.39, 0.29) is 31.6 Å². The minimum absolute atomic E-state index is 0.0602. The van der Waals surface area contributed by atoms with Gasteiger partial charge in [0.15, 0.2) is 0 Å². The second-order valence-electron chi connectivity index (χ2n) is 8.25. The number of hydrogen-bond acceptors (Lipinski definition) is 5. The molecule has 0 atom stereocenters. The third-order valence-electron chi connectivity index (χ3n) is 4.29. The van der Waals surface area contributed by atoms with Crippen molar-refractivity contribution in [2.75, 3.05) is 0 Å². The Morgan fingerprint density at radius 3 is 1.38 bits per heavy atom. The molecule has 1 spiro atoms. The molecule has 2 aliphatic rings. The van der Waals surface area contributed by atoms with Crippen molar-refractivity contribution < 1.29 is 22.3 Å². The Morgan fingerprint density at radius 2 is 1.08 bits per heavy atom. The molecule has 2 aliphatic heterocycles. The Morgan fingerprint density at radius 1 is 0.731 bits per heavy atom. The summed E-state index contributed by atoms with van der Waals surface area (Å²) < 4.78 is 31.3. The van der Waals surface area contributed by atoms with E-state index in [4.69, 9.17) is 68.7 Å². The van der Waals surface area contributed by atoms with Gasteiger partial charge >= 0.3 is 175 Å². The third-order valence-corrected chi connectivity index (χ3v) is 11.9. The summed E-state index contributed by atoms with van der Waals surface area (Å²) in [6.07, 6.45) is 0. The van der Waals surface area contributed by atoms with Crippen molar-refractivity contribution in [3.8, 4) is 11.5 Å². The van der Waals surface area contributed by atoms with Crippen LogP contribution in [0.3, 0.4) is 0 Å². The van der Waals surface area contributed by atoms with Crippen molar-refractivity contribution in [1.82, 2.24) is 0 Å². The molecule has 0 saturated carbocycles. The predicted molar refractivity (Wildman–Crippen MR) is 109 cm³/mol. The van der Waals surface area contributed by atoms with Crippen LogP contribution < -0.4 is 9.05 Å². The van der Waals surface area contributed by atoms with Gasteiger partial charge in [-0.2, -0.15) is 0 Å². The van der Waals surface area contributed by atoms with Crippen LogP contribution in [0, 0.1) is 0 Å². The normalized spacial score (nSPS) is 25.9. The van der Waals surface area contributed by atoms with E-state index in [0.717, 1.165) is 0 Å². The van der Waals surface area contributed by atoms with Crippen LogP contribution in [0.4, 0.5) is 0 Å². The summed E-state index contributed by atoms with van der Waals surface area (Å²) in [5, 5.41) is 0.243. The first-order chi connectivity index (χ1) is 11.5. The van der Waals surface area contributed by atoms with Gasteiger partial charge in [-0.25, -0.2) is 0 Å². The van der Waals surface area contributed by atoms with Crippen molar-refractivity contribution in [2.45, 2.75) is 58.5 Å². The van der Waals surface area contributed by atoms with Crippen LogP contribution in [0.5, 0.6) is 11.5 Å². The second-order valence-corrected chi connectivity index (χ2v) is 16.9. The Balaban J connectivity index is 2.25. The molecule has 0 aromatic heterocycles. The summed E-state index contributed by atoms with van der Waals surface area (Å²) in [5.41, 5.74) is -1.56. The molecule has 0 radical (unpaired) electrons. The fourth-order valence-electron chi connectivity index (χ4n) is 2.65. The summed E-state index contributed by atoms with van der Waals surface area (Å²) in [6, 6.07) is 0. The van der Waals surface area contributed by atoms with Crippen LogP contribution in [0.25, 0.3) is 0 Å². The number of halogens is 4. The molecule has 1 saturated heterocycles. The first kappa shape index (κ1) is 21.2. The molecule has 26 heavy (non-hydrogen) atoms. The van der Waals surface area contributed by atoms with Crippen LogP contribution >= 0.6 is 54.1 Å². The molecule has 0 N–H and O–H groups in total. The van der Waals surface area contributed by atoms with Gasteiger partial charge in [0.25, 0.3) is 0 Å². The Bertz CT molecular complexity index is 751. The molecule has 1 fully saturated rings. The molecular formula is C15H21Cl4O5PSi. The van der Waals surface area contributed by atoms with Crippen LogP contribution in [-0.2, 0) is 13.3 Å². The zero-order valence-corrected chi connectivity index (χ0v) is 20.4. The molecular weight excluding hydrogens is 461 g/mol. The Hall–Kier alpha value is 0.507. The molecule has 0 unspecified atom stereocenters. The van der Waals surface area contributed by atoms with Crippen LogP contribution in [0.15, 0.2) is 0 Å². The van der Waals surface area contributed by atoms with Gasteiger partial charge in [-0.15, -0.1) is 0 Å². The first-order valence-electron chi connectivity index (χ1n) is 7.94. The standard InChI is InChI=1S/C15H21Cl4O5PSi/c1-14(2)15(3,4)23-25(22-14,24-26(5,6)7)20-12-10(18)8(16)9(17)11(19)13(12)21-25/h1-7H3. The van der Waals surface area contributed by atoms with Gasteiger partial charge in [0.05, 0.1) is 0 Å². The summed E-state index contributed by atoms with van der Waals surface area (Å²) in [5.74, 6) is 0.214. The fraction of sp³-hybridized carbons (Fsp3) is 0.600. The summed E-state index contributed by atoms with van der Waals surface area (Å²) in [4.78, 5) is 0. The van der Waals surface area contributed by atoms with Gasteiger partial charge in [0.1, 0.15) is 0 Å². The zero-order valence-electron chi connectivity index (χ0n) is 15.5. The fourth-order valence-corrected chi connectivity index (χ4v) is 10.9. The van der Waals surface area contributed by atoms with E-state index >= 15 is 0 Å². The third kappa shape index (κ3) is 3.06. The van der Waals surface area contributed by atoms with Gasteiger partial charge in [0.2, 0.25) is 0 Å². The van der Waals surface area contributed by atoms with Crippen molar-refractivity contribution in [2.24, 2.45) is 0 Å². The van der Waals surface area contributed by atoms with E-state index in [0.29, 0.717) is 0 Å². The molecule has 1 aromatic rings. The molecule has 0 amide bonds. The molecule has 148 valence electrons. The molecule has 2 heterocycles. The van der Waals surface area contributed by atoms with Crippen molar-refractivity contribution >= 4 is 62.5 Å². The summed E-state index contributed by atoms with van der Waals surface area (Å²) in [6.45, 7) is 13.4. The van der Waals surface area contributed by atoms with Crippen molar-refractivity contribution in [3.05, 3.63) is 20.1 Å². The Kier molecular flexibility index (Phi) is 4.71. The van der Waals surface area contributed by atoms with Crippen molar-refractivity contribution in [1.29, 1.82) is 0 Å². The number of fused-ring (bicyclic) bond motifs is 1. The van der Waals surface area contributed by atoms with E-state index in [1.807, 2.05) is 47.3 Å². The topological polar surface area (TPSA) is 46.2 Å². The van der Waals surface area contributed by atoms with E-state index in [1.54, 1.807) is 0 Å². The molecule has 1 aromatic carbocycles. The number of benzene rings is 1. The molecule has 11 heteroatoms. The van der Waals surface area contributed by atoms with Crippen molar-refractivity contribution in [3.63, 3.8) is 0 Å². The van der Waals surface area contributed by atoms with Crippen LogP contribution in [0.2, 0.25) is 39.7 Å². The second kappa shape index (κ2) is 5.77. The van der Waals surface area contributed by atoms with E-state index in [2.05, 4.69) is 0 Å². The van der Waals surface area contributed by atoms with E-state index < -0.39 is 27.3 Å². The maximum atomic E-state index is 6.36. The van der Waals surface area contributed by atoms with Gasteiger partial charge in [-0.05, 0) is 0 Å². The summed E-state index contributed by atoms with van der Waals surface area (Å²) in [7, 11) is -6.85. The number of rotatable bonds is 2. The van der Waals surface area contributed by atoms with Crippen LogP contribution in [-0.4, -0.2) is 19.5 Å². The molecule has 5 nitrogen and oxygen atoms in total. The molecule has 3 rings (SSSR count). The maximum absolute atomic E-state index is 6.36. The average Bonchev–Trinajstić information content (AvgIpc) is 2.81. The predicted octanol–water partition coefficient (Wildman–Crippen LogP) is 7.66. The van der Waals surface area contributed by atoms with E-state index in [9.17, 15) is 0 Å². The average molecular weight is 482 g/mol. The number of hydrogen-bond donors (Lipinski definition) is 0. The zero-order chi connectivity index (χ0) is 19.9. The molecule has 0 bridgehead atoms. The Labute approximate surface area is 174 Å². The minimum atomic E-state index is -4.56. The van der Waals surface area contributed by atoms with Gasteiger partial charge in [0, 0.05) is 0 Å². The van der Waals surface area contributed by atoms with E-state index in [1.165, 1.54) is 0 Å². The first-order valence-corrected chi connectivity index (χ1v) is 14.7. The van der Waals surface area contributed by atoms with Crippen LogP contribution in [0.1, 0.15) is 27.7 Å². The monoisotopic (exact) mass is 480 g/mol. The van der Waals surface area contributed by atoms with Gasteiger partial charge < -0.3 is 0 Å². The quantitative estimate of drug-likeness (QED) is 0.188. The van der Waals surface area contributed by atoms with Gasteiger partial charge in [-0.1, -0.05) is 0 Å². The SMILES string of the molecule is CC1(C)OP2(O[Si](C)(C)C)(Oc3c(Cl)c(Cl)c(Cl)c(Cl)c3O2)OC1(C)C.